The molecule has 0 saturated carbocycles. The Morgan fingerprint density at radius 2 is 1.93 bits per heavy atom. The topological polar surface area (TPSA) is 59.8 Å². The second kappa shape index (κ2) is 9.12. The molecule has 4 aromatic rings. The van der Waals surface area contributed by atoms with Gasteiger partial charge in [-0.3, -0.25) is 9.78 Å². The molecule has 1 aromatic carbocycles. The van der Waals surface area contributed by atoms with Gasteiger partial charge in [-0.15, -0.1) is 11.3 Å². The fraction of sp³-hybridized carbons (Fsp3) is 0.0870. The number of pyridine rings is 1. The first-order valence-corrected chi connectivity index (χ1v) is 10.2. The third-order valence-corrected chi connectivity index (χ3v) is 5.22. The van der Waals surface area contributed by atoms with Crippen molar-refractivity contribution >= 4 is 23.3 Å². The van der Waals surface area contributed by atoms with E-state index in [1.807, 2.05) is 83.0 Å². The Kier molecular flexibility index (Phi) is 5.92. The highest BCUT2D eigenvalue weighted by Crippen LogP contribution is 2.28. The number of nitrogens with one attached hydrogen (secondary N) is 1. The molecule has 0 atom stereocenters. The Morgan fingerprint density at radius 3 is 2.69 bits per heavy atom. The predicted octanol–water partition coefficient (Wildman–Crippen LogP) is 4.37. The summed E-state index contributed by atoms with van der Waals surface area (Å²) in [5.74, 6) is -0.134. The minimum atomic E-state index is -0.134. The number of aromatic nitrogens is 3. The summed E-state index contributed by atoms with van der Waals surface area (Å²) in [6.45, 7) is 0.543. The highest BCUT2D eigenvalue weighted by molar-refractivity contribution is 7.13. The van der Waals surface area contributed by atoms with Crippen LogP contribution in [0.3, 0.4) is 0 Å². The highest BCUT2D eigenvalue weighted by Gasteiger charge is 2.11. The quantitative estimate of drug-likeness (QED) is 0.469. The van der Waals surface area contributed by atoms with Gasteiger partial charge in [0.15, 0.2) is 0 Å². The average Bonchev–Trinajstić information content (AvgIpc) is 3.43. The smallest absolute Gasteiger partial charge is 0.244 e. The summed E-state index contributed by atoms with van der Waals surface area (Å²) in [4.78, 5) is 17.6. The van der Waals surface area contributed by atoms with Crippen LogP contribution in [-0.2, 0) is 11.2 Å². The number of carbonyl (C=O) groups excluding carboxylic acids is 1. The van der Waals surface area contributed by atoms with E-state index in [1.165, 1.54) is 0 Å². The lowest BCUT2D eigenvalue weighted by Gasteiger charge is -2.01. The molecular formula is C23H20N4OS. The van der Waals surface area contributed by atoms with Crippen LogP contribution in [0, 0.1) is 0 Å². The molecule has 0 radical (unpaired) electrons. The van der Waals surface area contributed by atoms with Crippen molar-refractivity contribution in [3.63, 3.8) is 0 Å². The summed E-state index contributed by atoms with van der Waals surface area (Å²) in [6, 6.07) is 19.7. The van der Waals surface area contributed by atoms with E-state index in [0.29, 0.717) is 13.0 Å². The number of hydrogen-bond donors (Lipinski definition) is 1. The van der Waals surface area contributed by atoms with E-state index >= 15 is 0 Å². The van der Waals surface area contributed by atoms with Crippen LogP contribution < -0.4 is 5.32 Å². The van der Waals surface area contributed by atoms with Crippen molar-refractivity contribution in [1.82, 2.24) is 20.1 Å². The van der Waals surface area contributed by atoms with Crippen LogP contribution >= 0.6 is 11.3 Å². The van der Waals surface area contributed by atoms with Crippen LogP contribution in [0.1, 0.15) is 11.3 Å². The van der Waals surface area contributed by atoms with E-state index in [1.54, 1.807) is 23.6 Å². The van der Waals surface area contributed by atoms with E-state index in [4.69, 9.17) is 5.10 Å². The van der Waals surface area contributed by atoms with Crippen molar-refractivity contribution in [1.29, 1.82) is 0 Å². The van der Waals surface area contributed by atoms with Gasteiger partial charge in [-0.05, 0) is 41.8 Å². The molecule has 5 nitrogen and oxygen atoms in total. The number of nitrogens with zero attached hydrogens (tertiary/aromatic N) is 3. The van der Waals surface area contributed by atoms with Gasteiger partial charge in [-0.25, -0.2) is 4.68 Å². The van der Waals surface area contributed by atoms with Crippen LogP contribution in [0.25, 0.3) is 22.3 Å². The largest absolute Gasteiger partial charge is 0.352 e. The predicted molar refractivity (Wildman–Crippen MR) is 117 cm³/mol. The Bertz CT molecular complexity index is 1090. The molecule has 0 aliphatic carbocycles. The van der Waals surface area contributed by atoms with Gasteiger partial charge in [-0.2, -0.15) is 5.10 Å². The monoisotopic (exact) mass is 400 g/mol. The summed E-state index contributed by atoms with van der Waals surface area (Å²) >= 11 is 1.63. The average molecular weight is 401 g/mol. The van der Waals surface area contributed by atoms with Crippen LogP contribution in [0.2, 0.25) is 0 Å². The van der Waals surface area contributed by atoms with Crippen LogP contribution in [0.15, 0.2) is 84.5 Å². The number of benzene rings is 1. The van der Waals surface area contributed by atoms with Crippen LogP contribution in [0.4, 0.5) is 0 Å². The molecule has 1 amide bonds. The molecule has 0 aliphatic heterocycles. The summed E-state index contributed by atoms with van der Waals surface area (Å²) in [5, 5.41) is 9.66. The number of hydrogen-bond acceptors (Lipinski definition) is 4. The van der Waals surface area contributed by atoms with E-state index in [0.717, 1.165) is 27.5 Å². The Balaban J connectivity index is 1.48. The molecule has 4 rings (SSSR count). The van der Waals surface area contributed by atoms with Gasteiger partial charge in [0.1, 0.15) is 5.69 Å². The van der Waals surface area contributed by atoms with E-state index in [2.05, 4.69) is 10.3 Å². The zero-order chi connectivity index (χ0) is 19.9. The van der Waals surface area contributed by atoms with Crippen LogP contribution in [0.5, 0.6) is 0 Å². The molecule has 0 aliphatic rings. The molecule has 0 fully saturated rings. The number of carbonyl (C=O) groups is 1. The molecule has 144 valence electrons. The first-order valence-electron chi connectivity index (χ1n) is 9.34. The van der Waals surface area contributed by atoms with Crippen molar-refractivity contribution < 1.29 is 4.79 Å². The molecule has 0 bridgehead atoms. The SMILES string of the molecule is O=C(/C=C/c1cn(-c2ccccc2)nc1-c1cccs1)NCCc1ccccn1. The highest BCUT2D eigenvalue weighted by atomic mass is 32.1. The maximum absolute atomic E-state index is 12.2. The lowest BCUT2D eigenvalue weighted by atomic mass is 10.2. The van der Waals surface area contributed by atoms with Gasteiger partial charge in [-0.1, -0.05) is 30.3 Å². The number of thiophene rings is 1. The summed E-state index contributed by atoms with van der Waals surface area (Å²) in [6.07, 6.45) is 7.78. The van der Waals surface area contributed by atoms with Gasteiger partial charge >= 0.3 is 0 Å². The second-order valence-corrected chi connectivity index (χ2v) is 7.33. The molecular weight excluding hydrogens is 380 g/mol. The molecule has 0 saturated heterocycles. The minimum Gasteiger partial charge on any atom is -0.352 e. The molecule has 1 N–H and O–H groups in total. The summed E-state index contributed by atoms with van der Waals surface area (Å²) in [5.41, 5.74) is 3.70. The molecule has 0 unspecified atom stereocenters. The minimum absolute atomic E-state index is 0.134. The Labute approximate surface area is 173 Å². The van der Waals surface area contributed by atoms with Gasteiger partial charge in [0, 0.05) is 42.7 Å². The molecule has 6 heteroatoms. The fourth-order valence-electron chi connectivity index (χ4n) is 2.91. The van der Waals surface area contributed by atoms with Crippen molar-refractivity contribution in [3.8, 4) is 16.3 Å². The summed E-state index contributed by atoms with van der Waals surface area (Å²) in [7, 11) is 0. The maximum Gasteiger partial charge on any atom is 0.244 e. The third-order valence-electron chi connectivity index (χ3n) is 4.34. The van der Waals surface area contributed by atoms with Crippen molar-refractivity contribution in [3.05, 3.63) is 95.8 Å². The number of rotatable bonds is 7. The fourth-order valence-corrected chi connectivity index (χ4v) is 3.64. The number of amides is 1. The van der Waals surface area contributed by atoms with Crippen molar-refractivity contribution in [2.24, 2.45) is 0 Å². The van der Waals surface area contributed by atoms with Crippen LogP contribution in [-0.4, -0.2) is 27.2 Å². The molecule has 0 spiro atoms. The van der Waals surface area contributed by atoms with Gasteiger partial charge in [0.25, 0.3) is 0 Å². The first kappa shape index (κ1) is 18.8. The van der Waals surface area contributed by atoms with Gasteiger partial charge in [0.2, 0.25) is 5.91 Å². The lowest BCUT2D eigenvalue weighted by molar-refractivity contribution is -0.116. The zero-order valence-electron chi connectivity index (χ0n) is 15.7. The van der Waals surface area contributed by atoms with Crippen molar-refractivity contribution in [2.45, 2.75) is 6.42 Å². The molecule has 3 aromatic heterocycles. The Hall–Kier alpha value is -3.51. The third kappa shape index (κ3) is 4.86. The van der Waals surface area contributed by atoms with E-state index < -0.39 is 0 Å². The maximum atomic E-state index is 12.2. The van der Waals surface area contributed by atoms with E-state index in [9.17, 15) is 4.79 Å². The van der Waals surface area contributed by atoms with E-state index in [-0.39, 0.29) is 5.91 Å². The lowest BCUT2D eigenvalue weighted by Crippen LogP contribution is -2.23. The first-order chi connectivity index (χ1) is 14.3. The molecule has 3 heterocycles. The molecule has 29 heavy (non-hydrogen) atoms. The Morgan fingerprint density at radius 1 is 1.07 bits per heavy atom. The standard InChI is InChI=1S/C23H20N4OS/c28-22(25-15-13-19-7-4-5-14-24-19)12-11-18-17-27(20-8-2-1-3-9-20)26-23(18)21-10-6-16-29-21/h1-12,14,16-17H,13,15H2,(H,25,28)/b12-11+. The normalized spacial score (nSPS) is 11.0. The second-order valence-electron chi connectivity index (χ2n) is 6.39. The summed E-state index contributed by atoms with van der Waals surface area (Å²) < 4.78 is 1.84. The van der Waals surface area contributed by atoms with Gasteiger partial charge in [0.05, 0.1) is 10.6 Å². The van der Waals surface area contributed by atoms with Gasteiger partial charge < -0.3 is 5.32 Å². The number of para-hydroxylation sites is 1. The van der Waals surface area contributed by atoms with Crippen molar-refractivity contribution in [2.75, 3.05) is 6.54 Å². The zero-order valence-corrected chi connectivity index (χ0v) is 16.5.